The molecule has 0 aliphatic carbocycles. The molecule has 31 heavy (non-hydrogen) atoms. The van der Waals surface area contributed by atoms with Gasteiger partial charge in [0.25, 0.3) is 5.91 Å². The van der Waals surface area contributed by atoms with Gasteiger partial charge in [0.2, 0.25) is 5.91 Å². The van der Waals surface area contributed by atoms with Crippen molar-refractivity contribution in [3.63, 3.8) is 0 Å². The van der Waals surface area contributed by atoms with Crippen molar-refractivity contribution in [2.45, 2.75) is 32.4 Å². The van der Waals surface area contributed by atoms with Crippen LogP contribution in [0, 0.1) is 5.92 Å². The molecule has 0 fully saturated rings. The average Bonchev–Trinajstić information content (AvgIpc) is 3.32. The van der Waals surface area contributed by atoms with Gasteiger partial charge in [-0.2, -0.15) is 0 Å². The molecule has 5 nitrogen and oxygen atoms in total. The van der Waals surface area contributed by atoms with Gasteiger partial charge in [-0.25, -0.2) is 0 Å². The predicted molar refractivity (Wildman–Crippen MR) is 127 cm³/mol. The maximum absolute atomic E-state index is 13.1. The van der Waals surface area contributed by atoms with E-state index >= 15 is 0 Å². The number of anilines is 1. The number of nitrogens with one attached hydrogen (secondary N) is 3. The molecule has 1 aromatic heterocycles. The molecule has 6 heteroatoms. The van der Waals surface area contributed by atoms with Crippen LogP contribution < -0.4 is 16.0 Å². The van der Waals surface area contributed by atoms with Gasteiger partial charge in [-0.05, 0) is 35.1 Å². The second-order valence-corrected chi connectivity index (χ2v) is 8.75. The van der Waals surface area contributed by atoms with E-state index in [4.69, 9.17) is 0 Å². The first kappa shape index (κ1) is 22.6. The lowest BCUT2D eigenvalue weighted by molar-refractivity contribution is -0.123. The molecule has 3 N–H and O–H groups in total. The van der Waals surface area contributed by atoms with Gasteiger partial charge in [0.15, 0.2) is 0 Å². The monoisotopic (exact) mass is 435 g/mol. The number of hydrogen-bond donors (Lipinski definition) is 3. The van der Waals surface area contributed by atoms with Crippen molar-refractivity contribution in [2.24, 2.45) is 5.92 Å². The Hall–Kier alpha value is -3.12. The van der Waals surface area contributed by atoms with E-state index in [0.29, 0.717) is 23.8 Å². The highest BCUT2D eigenvalue weighted by Gasteiger charge is 2.24. The fraction of sp³-hybridized carbons (Fsp3) is 0.280. The molecule has 3 rings (SSSR count). The van der Waals surface area contributed by atoms with Crippen molar-refractivity contribution in [3.05, 3.63) is 88.6 Å². The first-order valence-electron chi connectivity index (χ1n) is 10.5. The van der Waals surface area contributed by atoms with Crippen LogP contribution >= 0.6 is 11.3 Å². The molecule has 0 saturated carbocycles. The molecule has 3 aromatic rings. The zero-order valence-corrected chi connectivity index (χ0v) is 18.7. The summed E-state index contributed by atoms with van der Waals surface area (Å²) >= 11 is 1.36. The van der Waals surface area contributed by atoms with Crippen molar-refractivity contribution in [2.75, 3.05) is 11.9 Å². The Balaban J connectivity index is 1.66. The Morgan fingerprint density at radius 2 is 1.58 bits per heavy atom. The lowest BCUT2D eigenvalue weighted by atomic mass is 10.0. The fourth-order valence-electron chi connectivity index (χ4n) is 3.23. The van der Waals surface area contributed by atoms with Crippen molar-refractivity contribution < 1.29 is 9.59 Å². The van der Waals surface area contributed by atoms with E-state index < -0.39 is 6.04 Å². The van der Waals surface area contributed by atoms with Crippen molar-refractivity contribution in [1.29, 1.82) is 0 Å². The summed E-state index contributed by atoms with van der Waals surface area (Å²) in [6.45, 7) is 4.70. The van der Waals surface area contributed by atoms with Crippen LogP contribution in [0.4, 0.5) is 5.69 Å². The number of rotatable bonds is 10. The topological polar surface area (TPSA) is 70.2 Å². The van der Waals surface area contributed by atoms with Crippen LogP contribution in [0.25, 0.3) is 0 Å². The lowest BCUT2D eigenvalue weighted by Crippen LogP contribution is -2.50. The Bertz CT molecular complexity index is 943. The van der Waals surface area contributed by atoms with E-state index in [1.807, 2.05) is 72.1 Å². The zero-order chi connectivity index (χ0) is 22.1. The number of carbonyl (C=O) groups is 2. The molecule has 2 unspecified atom stereocenters. The average molecular weight is 436 g/mol. The van der Waals surface area contributed by atoms with Crippen LogP contribution in [0.2, 0.25) is 0 Å². The quantitative estimate of drug-likeness (QED) is 0.444. The SMILES string of the molecule is CC(C)C(CNC(=O)C(Cc1ccccc1)NC(=O)c1cccs1)Nc1ccccc1. The second kappa shape index (κ2) is 11.3. The summed E-state index contributed by atoms with van der Waals surface area (Å²) in [7, 11) is 0. The molecule has 162 valence electrons. The zero-order valence-electron chi connectivity index (χ0n) is 17.9. The predicted octanol–water partition coefficient (Wildman–Crippen LogP) is 4.34. The fourth-order valence-corrected chi connectivity index (χ4v) is 3.86. The maximum atomic E-state index is 13.1. The molecule has 2 amide bonds. The van der Waals surface area contributed by atoms with Crippen molar-refractivity contribution in [1.82, 2.24) is 10.6 Å². The largest absolute Gasteiger partial charge is 0.380 e. The summed E-state index contributed by atoms with van der Waals surface area (Å²) in [4.78, 5) is 26.3. The molecular weight excluding hydrogens is 406 g/mol. The number of para-hydroxylation sites is 1. The summed E-state index contributed by atoms with van der Waals surface area (Å²) in [5.41, 5.74) is 2.01. The number of benzene rings is 2. The normalized spacial score (nSPS) is 12.7. The minimum atomic E-state index is -0.651. The van der Waals surface area contributed by atoms with Gasteiger partial charge in [0, 0.05) is 24.7 Å². The highest BCUT2D eigenvalue weighted by Crippen LogP contribution is 2.13. The number of amides is 2. The van der Waals surface area contributed by atoms with Gasteiger partial charge in [-0.1, -0.05) is 68.4 Å². The van der Waals surface area contributed by atoms with Crippen molar-refractivity contribution >= 4 is 28.8 Å². The molecule has 0 aliphatic rings. The third-order valence-electron chi connectivity index (χ3n) is 5.08. The van der Waals surface area contributed by atoms with Crippen LogP contribution in [0.15, 0.2) is 78.2 Å². The Kier molecular flexibility index (Phi) is 8.24. The smallest absolute Gasteiger partial charge is 0.262 e. The summed E-state index contributed by atoms with van der Waals surface area (Å²) < 4.78 is 0. The minimum absolute atomic E-state index is 0.0664. The van der Waals surface area contributed by atoms with E-state index in [2.05, 4.69) is 29.8 Å². The third-order valence-corrected chi connectivity index (χ3v) is 5.94. The number of hydrogen-bond acceptors (Lipinski definition) is 4. The third kappa shape index (κ3) is 6.96. The molecule has 0 bridgehead atoms. The van der Waals surface area contributed by atoms with E-state index in [9.17, 15) is 9.59 Å². The first-order chi connectivity index (χ1) is 15.0. The van der Waals surface area contributed by atoms with Gasteiger partial charge in [-0.15, -0.1) is 11.3 Å². The van der Waals surface area contributed by atoms with Crippen molar-refractivity contribution in [3.8, 4) is 0 Å². The number of thiophene rings is 1. The van der Waals surface area contributed by atoms with Crippen LogP contribution in [0.1, 0.15) is 29.1 Å². The maximum Gasteiger partial charge on any atom is 0.262 e. The molecule has 0 radical (unpaired) electrons. The van der Waals surface area contributed by atoms with E-state index in [1.54, 1.807) is 6.07 Å². The molecule has 0 spiro atoms. The van der Waals surface area contributed by atoms with E-state index in [1.165, 1.54) is 11.3 Å². The second-order valence-electron chi connectivity index (χ2n) is 7.80. The van der Waals surface area contributed by atoms with Gasteiger partial charge in [0.1, 0.15) is 6.04 Å². The molecule has 2 aromatic carbocycles. The Morgan fingerprint density at radius 3 is 2.19 bits per heavy atom. The van der Waals surface area contributed by atoms with Gasteiger partial charge >= 0.3 is 0 Å². The van der Waals surface area contributed by atoms with E-state index in [-0.39, 0.29) is 17.9 Å². The summed E-state index contributed by atoms with van der Waals surface area (Å²) in [6.07, 6.45) is 0.433. The van der Waals surface area contributed by atoms with Crippen LogP contribution in [0.3, 0.4) is 0 Å². The van der Waals surface area contributed by atoms with Gasteiger partial charge < -0.3 is 16.0 Å². The Labute approximate surface area is 187 Å². The van der Waals surface area contributed by atoms with Crippen LogP contribution in [0.5, 0.6) is 0 Å². The van der Waals surface area contributed by atoms with Crippen LogP contribution in [-0.2, 0) is 11.2 Å². The molecule has 0 aliphatic heterocycles. The van der Waals surface area contributed by atoms with Gasteiger partial charge in [0.05, 0.1) is 4.88 Å². The number of carbonyl (C=O) groups excluding carboxylic acids is 2. The minimum Gasteiger partial charge on any atom is -0.380 e. The summed E-state index contributed by atoms with van der Waals surface area (Å²) in [6, 6.07) is 22.7. The molecular formula is C25H29N3O2S. The lowest BCUT2D eigenvalue weighted by Gasteiger charge is -2.25. The highest BCUT2D eigenvalue weighted by atomic mass is 32.1. The first-order valence-corrected chi connectivity index (χ1v) is 11.4. The van der Waals surface area contributed by atoms with Gasteiger partial charge in [-0.3, -0.25) is 9.59 Å². The highest BCUT2D eigenvalue weighted by molar-refractivity contribution is 7.12. The molecule has 1 heterocycles. The summed E-state index contributed by atoms with van der Waals surface area (Å²) in [5.74, 6) is -0.100. The molecule has 2 atom stereocenters. The molecule has 0 saturated heterocycles. The standard InChI is InChI=1S/C25H29N3O2S/c1-18(2)22(27-20-12-7-4-8-13-20)17-26-24(29)21(16-19-10-5-3-6-11-19)28-25(30)23-14-9-15-31-23/h3-15,18,21-22,27H,16-17H2,1-2H3,(H,26,29)(H,28,30). The van der Waals surface area contributed by atoms with E-state index in [0.717, 1.165) is 11.3 Å². The van der Waals surface area contributed by atoms with Crippen LogP contribution in [-0.4, -0.2) is 30.4 Å². The Morgan fingerprint density at radius 1 is 0.903 bits per heavy atom. The summed E-state index contributed by atoms with van der Waals surface area (Å²) in [5, 5.41) is 11.3.